The molecule has 0 unspecified atom stereocenters. The van der Waals surface area contributed by atoms with E-state index >= 15 is 0 Å². The monoisotopic (exact) mass is 438 g/mol. The normalized spacial score (nSPS) is 15.6. The number of oxazole rings is 1. The molecule has 0 aliphatic carbocycles. The molecule has 1 aliphatic heterocycles. The molecule has 1 fully saturated rings. The van der Waals surface area contributed by atoms with Gasteiger partial charge in [-0.15, -0.1) is 0 Å². The van der Waals surface area contributed by atoms with Crippen LogP contribution >= 0.6 is 0 Å². The van der Waals surface area contributed by atoms with Crippen LogP contribution in [0, 0.1) is 5.82 Å². The van der Waals surface area contributed by atoms with E-state index in [1.54, 1.807) is 18.4 Å². The van der Waals surface area contributed by atoms with Crippen LogP contribution in [0.15, 0.2) is 59.5 Å². The number of amides is 2. The molecule has 4 rings (SSSR count). The number of carbonyl (C=O) groups is 2. The lowest BCUT2D eigenvalue weighted by atomic mass is 10.0. The zero-order valence-electron chi connectivity index (χ0n) is 17.5. The maximum Gasteiger partial charge on any atom is 0.414 e. The lowest BCUT2D eigenvalue weighted by Crippen LogP contribution is -2.33. The van der Waals surface area contributed by atoms with Crippen molar-refractivity contribution in [3.05, 3.63) is 72.2 Å². The van der Waals surface area contributed by atoms with Gasteiger partial charge in [-0.25, -0.2) is 14.2 Å². The molecule has 0 radical (unpaired) electrons. The van der Waals surface area contributed by atoms with E-state index in [0.29, 0.717) is 24.3 Å². The lowest BCUT2D eigenvalue weighted by Gasteiger charge is -2.15. The number of nitrogens with zero attached hydrogens (tertiary/aromatic N) is 2. The van der Waals surface area contributed by atoms with E-state index in [9.17, 15) is 14.0 Å². The molecule has 2 N–H and O–H groups in total. The number of hydrogen-bond donors (Lipinski definition) is 2. The smallest absolute Gasteiger partial charge is 0.414 e. The highest BCUT2D eigenvalue weighted by molar-refractivity contribution is 5.90. The molecular weight excluding hydrogens is 415 g/mol. The number of rotatable bonds is 8. The van der Waals surface area contributed by atoms with Gasteiger partial charge in [-0.05, 0) is 29.3 Å². The van der Waals surface area contributed by atoms with Gasteiger partial charge in [0.2, 0.25) is 5.91 Å². The van der Waals surface area contributed by atoms with Crippen molar-refractivity contribution in [1.82, 2.24) is 15.6 Å². The summed E-state index contributed by atoms with van der Waals surface area (Å²) in [6.07, 6.45) is 1.95. The SMILES string of the molecule is CC(=O)NC[C@H]1CN(c2ccc(-c3ccc(CNCc4cocn4)cc3)c(F)c2)C(=O)O1. The van der Waals surface area contributed by atoms with Crippen molar-refractivity contribution in [2.24, 2.45) is 0 Å². The molecular formula is C23H23FN4O4. The first-order chi connectivity index (χ1) is 15.5. The summed E-state index contributed by atoms with van der Waals surface area (Å²) in [5, 5.41) is 5.88. The van der Waals surface area contributed by atoms with Crippen molar-refractivity contribution in [3.63, 3.8) is 0 Å². The summed E-state index contributed by atoms with van der Waals surface area (Å²) in [6, 6.07) is 12.2. The topological polar surface area (TPSA) is 96.7 Å². The predicted octanol–water partition coefficient (Wildman–Crippen LogP) is 3.23. The summed E-state index contributed by atoms with van der Waals surface area (Å²) < 4.78 is 25.0. The molecule has 1 atom stereocenters. The Kier molecular flexibility index (Phi) is 6.46. The fourth-order valence-electron chi connectivity index (χ4n) is 3.46. The van der Waals surface area contributed by atoms with Crippen LogP contribution in [0.25, 0.3) is 11.1 Å². The zero-order valence-corrected chi connectivity index (χ0v) is 17.5. The van der Waals surface area contributed by atoms with E-state index < -0.39 is 18.0 Å². The molecule has 0 spiro atoms. The van der Waals surface area contributed by atoms with Crippen molar-refractivity contribution >= 4 is 17.7 Å². The third kappa shape index (κ3) is 5.12. The Bertz CT molecular complexity index is 1090. The average Bonchev–Trinajstić information content (AvgIpc) is 3.42. The largest absolute Gasteiger partial charge is 0.451 e. The van der Waals surface area contributed by atoms with E-state index in [-0.39, 0.29) is 19.0 Å². The lowest BCUT2D eigenvalue weighted by molar-refractivity contribution is -0.119. The molecule has 166 valence electrons. The van der Waals surface area contributed by atoms with Gasteiger partial charge in [0.1, 0.15) is 18.2 Å². The van der Waals surface area contributed by atoms with Gasteiger partial charge in [0.15, 0.2) is 6.39 Å². The number of nitrogens with one attached hydrogen (secondary N) is 2. The summed E-state index contributed by atoms with van der Waals surface area (Å²) in [4.78, 5) is 28.6. The van der Waals surface area contributed by atoms with Crippen LogP contribution in [0.5, 0.6) is 0 Å². The molecule has 32 heavy (non-hydrogen) atoms. The Morgan fingerprint density at radius 1 is 1.22 bits per heavy atom. The van der Waals surface area contributed by atoms with E-state index in [1.165, 1.54) is 24.3 Å². The van der Waals surface area contributed by atoms with Crippen LogP contribution in [0.1, 0.15) is 18.2 Å². The summed E-state index contributed by atoms with van der Waals surface area (Å²) in [6.45, 7) is 3.10. The molecule has 9 heteroatoms. The Labute approximate surface area is 184 Å². The molecule has 2 aromatic carbocycles. The van der Waals surface area contributed by atoms with E-state index in [2.05, 4.69) is 15.6 Å². The molecule has 0 saturated carbocycles. The minimum atomic E-state index is -0.560. The average molecular weight is 438 g/mol. The van der Waals surface area contributed by atoms with Gasteiger partial charge in [0, 0.05) is 25.6 Å². The molecule has 2 amide bonds. The van der Waals surface area contributed by atoms with Crippen molar-refractivity contribution in [2.45, 2.75) is 26.1 Å². The van der Waals surface area contributed by atoms with Gasteiger partial charge in [0.25, 0.3) is 0 Å². The highest BCUT2D eigenvalue weighted by Gasteiger charge is 2.32. The van der Waals surface area contributed by atoms with Gasteiger partial charge in [-0.1, -0.05) is 24.3 Å². The third-order valence-corrected chi connectivity index (χ3v) is 5.10. The number of ether oxygens (including phenoxy) is 1. The highest BCUT2D eigenvalue weighted by atomic mass is 19.1. The first-order valence-electron chi connectivity index (χ1n) is 10.2. The number of hydrogen-bond acceptors (Lipinski definition) is 6. The Morgan fingerprint density at radius 3 is 2.72 bits per heavy atom. The number of aromatic nitrogens is 1. The third-order valence-electron chi connectivity index (χ3n) is 5.10. The fraction of sp³-hybridized carbons (Fsp3) is 0.261. The molecule has 3 aromatic rings. The number of cyclic esters (lactones) is 1. The van der Waals surface area contributed by atoms with Gasteiger partial charge < -0.3 is 19.8 Å². The number of carbonyl (C=O) groups excluding carboxylic acids is 2. The second-order valence-electron chi connectivity index (χ2n) is 7.50. The summed E-state index contributed by atoms with van der Waals surface area (Å²) >= 11 is 0. The first kappa shape index (κ1) is 21.5. The minimum absolute atomic E-state index is 0.202. The Hall–Kier alpha value is -3.72. The quantitative estimate of drug-likeness (QED) is 0.561. The molecule has 1 saturated heterocycles. The highest BCUT2D eigenvalue weighted by Crippen LogP contribution is 2.29. The van der Waals surface area contributed by atoms with Gasteiger partial charge in [-0.3, -0.25) is 9.69 Å². The van der Waals surface area contributed by atoms with Gasteiger partial charge in [-0.2, -0.15) is 0 Å². The fourth-order valence-corrected chi connectivity index (χ4v) is 3.46. The van der Waals surface area contributed by atoms with Crippen LogP contribution in [-0.2, 0) is 22.6 Å². The summed E-state index contributed by atoms with van der Waals surface area (Å²) in [5.74, 6) is -0.635. The number of benzene rings is 2. The van der Waals surface area contributed by atoms with Gasteiger partial charge in [0.05, 0.1) is 24.5 Å². The van der Waals surface area contributed by atoms with E-state index in [0.717, 1.165) is 16.8 Å². The van der Waals surface area contributed by atoms with Crippen LogP contribution in [0.4, 0.5) is 14.9 Å². The van der Waals surface area contributed by atoms with E-state index in [1.807, 2.05) is 24.3 Å². The second kappa shape index (κ2) is 9.61. The van der Waals surface area contributed by atoms with Gasteiger partial charge >= 0.3 is 6.09 Å². The van der Waals surface area contributed by atoms with Crippen LogP contribution in [0.2, 0.25) is 0 Å². The second-order valence-corrected chi connectivity index (χ2v) is 7.50. The maximum atomic E-state index is 14.9. The Balaban J connectivity index is 1.38. The summed E-state index contributed by atoms with van der Waals surface area (Å²) in [7, 11) is 0. The van der Waals surface area contributed by atoms with Crippen molar-refractivity contribution in [2.75, 3.05) is 18.0 Å². The molecule has 8 nitrogen and oxygen atoms in total. The van der Waals surface area contributed by atoms with Crippen molar-refractivity contribution in [1.29, 1.82) is 0 Å². The van der Waals surface area contributed by atoms with Crippen LogP contribution < -0.4 is 15.5 Å². The van der Waals surface area contributed by atoms with Crippen LogP contribution in [-0.4, -0.2) is 36.2 Å². The molecule has 0 bridgehead atoms. The predicted molar refractivity (Wildman–Crippen MR) is 115 cm³/mol. The summed E-state index contributed by atoms with van der Waals surface area (Å²) in [5.41, 5.74) is 3.47. The molecule has 1 aliphatic rings. The number of anilines is 1. The minimum Gasteiger partial charge on any atom is -0.451 e. The maximum absolute atomic E-state index is 14.9. The molecule has 2 heterocycles. The van der Waals surface area contributed by atoms with Crippen molar-refractivity contribution in [3.8, 4) is 11.1 Å². The van der Waals surface area contributed by atoms with E-state index in [4.69, 9.17) is 9.15 Å². The van der Waals surface area contributed by atoms with Crippen LogP contribution in [0.3, 0.4) is 0 Å². The first-order valence-corrected chi connectivity index (χ1v) is 10.2. The number of halogens is 1. The van der Waals surface area contributed by atoms with Crippen molar-refractivity contribution < 1.29 is 23.1 Å². The standard InChI is InChI=1S/C23H23FN4O4/c1-15(29)26-11-20-12-28(23(30)32-20)19-6-7-21(22(24)8-19)17-4-2-16(3-5-17)9-25-10-18-13-31-14-27-18/h2-8,13-14,20,25H,9-12H2,1H3,(H,26,29)/t20-/m0/s1. The Morgan fingerprint density at radius 2 is 2.03 bits per heavy atom. The molecule has 1 aromatic heterocycles. The zero-order chi connectivity index (χ0) is 22.5.